The van der Waals surface area contributed by atoms with Crippen LogP contribution < -0.4 is 10.1 Å². The van der Waals surface area contributed by atoms with Gasteiger partial charge in [0.15, 0.2) is 0 Å². The number of hydrogen-bond acceptors (Lipinski definition) is 4. The van der Waals surface area contributed by atoms with E-state index in [9.17, 15) is 4.79 Å². The van der Waals surface area contributed by atoms with Gasteiger partial charge in [0, 0.05) is 24.9 Å². The van der Waals surface area contributed by atoms with Crippen LogP contribution in [0.15, 0.2) is 24.3 Å². The molecular weight excluding hydrogens is 340 g/mol. The molecule has 0 spiro atoms. The van der Waals surface area contributed by atoms with Crippen LogP contribution in [0.3, 0.4) is 0 Å². The monoisotopic (exact) mass is 374 g/mol. The van der Waals surface area contributed by atoms with E-state index < -0.39 is 5.60 Å². The molecule has 1 aromatic carbocycles. The van der Waals surface area contributed by atoms with Crippen LogP contribution in [0.25, 0.3) is 0 Å². The van der Waals surface area contributed by atoms with Gasteiger partial charge in [-0.25, -0.2) is 0 Å². The zero-order chi connectivity index (χ0) is 19.3. The zero-order valence-corrected chi connectivity index (χ0v) is 17.0. The van der Waals surface area contributed by atoms with E-state index in [1.807, 2.05) is 38.1 Å². The Kier molecular flexibility index (Phi) is 6.77. The summed E-state index contributed by atoms with van der Waals surface area (Å²) in [6.07, 6.45) is 6.05. The third-order valence-corrected chi connectivity index (χ3v) is 5.95. The Morgan fingerprint density at radius 3 is 2.59 bits per heavy atom. The average Bonchev–Trinajstić information content (AvgIpc) is 3.50. The minimum atomic E-state index is -0.727. The van der Waals surface area contributed by atoms with Crippen molar-refractivity contribution in [3.63, 3.8) is 0 Å². The molecule has 5 nitrogen and oxygen atoms in total. The maximum Gasteiger partial charge on any atom is 0.256 e. The lowest BCUT2D eigenvalue weighted by Crippen LogP contribution is -2.44. The molecule has 1 aromatic rings. The highest BCUT2D eigenvalue weighted by atomic mass is 16.5. The van der Waals surface area contributed by atoms with Crippen LogP contribution >= 0.6 is 0 Å². The van der Waals surface area contributed by atoms with Crippen molar-refractivity contribution in [2.45, 2.75) is 64.5 Å². The number of rotatable bonds is 9. The number of nitrogens with zero attached hydrogens (tertiary/aromatic N) is 1. The van der Waals surface area contributed by atoms with Crippen LogP contribution in [0.4, 0.5) is 5.69 Å². The number of hydrogen-bond donors (Lipinski definition) is 1. The van der Waals surface area contributed by atoms with Crippen molar-refractivity contribution in [3.05, 3.63) is 24.3 Å². The van der Waals surface area contributed by atoms with E-state index in [-0.39, 0.29) is 5.91 Å². The number of benzene rings is 1. The number of amides is 1. The highest BCUT2D eigenvalue weighted by Gasteiger charge is 2.48. The molecule has 0 aromatic heterocycles. The SMILES string of the molecule is CCO[C@@](C)(C(=O)Nc1ccc(OCCN2CCCC[C@H]2C)cc1)C1CC1. The molecule has 27 heavy (non-hydrogen) atoms. The molecule has 1 aliphatic carbocycles. The van der Waals surface area contributed by atoms with Gasteiger partial charge in [0.2, 0.25) is 0 Å². The second kappa shape index (κ2) is 9.07. The number of likely N-dealkylation sites (tertiary alicyclic amines) is 1. The van der Waals surface area contributed by atoms with Gasteiger partial charge in [0.05, 0.1) is 0 Å². The topological polar surface area (TPSA) is 50.8 Å². The summed E-state index contributed by atoms with van der Waals surface area (Å²) in [6.45, 7) is 9.52. The summed E-state index contributed by atoms with van der Waals surface area (Å²) in [5.74, 6) is 1.12. The first-order valence-corrected chi connectivity index (χ1v) is 10.4. The number of carbonyl (C=O) groups is 1. The summed E-state index contributed by atoms with van der Waals surface area (Å²) in [5.41, 5.74) is 0.0540. The van der Waals surface area contributed by atoms with Crippen molar-refractivity contribution in [2.75, 3.05) is 31.6 Å². The molecule has 2 aliphatic rings. The van der Waals surface area contributed by atoms with Crippen molar-refractivity contribution in [1.29, 1.82) is 0 Å². The molecule has 1 amide bonds. The fourth-order valence-corrected chi connectivity index (χ4v) is 3.96. The molecule has 0 unspecified atom stereocenters. The van der Waals surface area contributed by atoms with E-state index in [2.05, 4.69) is 17.1 Å². The van der Waals surface area contributed by atoms with Crippen LogP contribution in [0.1, 0.15) is 52.9 Å². The molecule has 1 saturated heterocycles. The van der Waals surface area contributed by atoms with Gasteiger partial charge in [-0.2, -0.15) is 0 Å². The molecule has 2 fully saturated rings. The van der Waals surface area contributed by atoms with Gasteiger partial charge in [-0.3, -0.25) is 9.69 Å². The van der Waals surface area contributed by atoms with E-state index in [0.717, 1.165) is 30.8 Å². The molecule has 1 aliphatic heterocycles. The van der Waals surface area contributed by atoms with E-state index in [1.54, 1.807) is 0 Å². The summed E-state index contributed by atoms with van der Waals surface area (Å²) < 4.78 is 11.7. The Labute approximate surface area is 163 Å². The summed E-state index contributed by atoms with van der Waals surface area (Å²) in [7, 11) is 0. The predicted molar refractivity (Wildman–Crippen MR) is 108 cm³/mol. The predicted octanol–water partition coefficient (Wildman–Crippen LogP) is 4.08. The molecule has 150 valence electrons. The van der Waals surface area contributed by atoms with Crippen molar-refractivity contribution >= 4 is 11.6 Å². The molecule has 2 atom stereocenters. The molecule has 5 heteroatoms. The minimum Gasteiger partial charge on any atom is -0.492 e. The van der Waals surface area contributed by atoms with Crippen molar-refractivity contribution in [3.8, 4) is 5.75 Å². The first-order valence-electron chi connectivity index (χ1n) is 10.4. The fourth-order valence-electron chi connectivity index (χ4n) is 3.96. The first kappa shape index (κ1) is 20.2. The number of ether oxygens (including phenoxy) is 2. The van der Waals surface area contributed by atoms with Crippen LogP contribution in [0.2, 0.25) is 0 Å². The van der Waals surface area contributed by atoms with Crippen molar-refractivity contribution in [2.24, 2.45) is 5.92 Å². The number of piperidine rings is 1. The molecule has 1 N–H and O–H groups in total. The molecule has 0 bridgehead atoms. The van der Waals surface area contributed by atoms with Gasteiger partial charge in [0.25, 0.3) is 5.91 Å². The Morgan fingerprint density at radius 2 is 1.96 bits per heavy atom. The molecule has 1 saturated carbocycles. The standard InChI is InChI=1S/C22H34N2O3/c1-4-27-22(3,18-8-9-18)21(25)23-19-10-12-20(13-11-19)26-16-15-24-14-6-5-7-17(24)2/h10-13,17-18H,4-9,14-16H2,1-3H3,(H,23,25)/t17-,22-/m1/s1. The maximum absolute atomic E-state index is 12.7. The molecule has 0 radical (unpaired) electrons. The summed E-state index contributed by atoms with van der Waals surface area (Å²) in [5, 5.41) is 3.00. The van der Waals surface area contributed by atoms with Gasteiger partial charge >= 0.3 is 0 Å². The van der Waals surface area contributed by atoms with E-state index in [1.165, 1.54) is 25.8 Å². The Morgan fingerprint density at radius 1 is 1.22 bits per heavy atom. The lowest BCUT2D eigenvalue weighted by Gasteiger charge is -2.33. The third-order valence-electron chi connectivity index (χ3n) is 5.95. The Balaban J connectivity index is 1.47. The molecule has 1 heterocycles. The first-order chi connectivity index (χ1) is 13.0. The second-order valence-corrected chi connectivity index (χ2v) is 8.02. The minimum absolute atomic E-state index is 0.0559. The van der Waals surface area contributed by atoms with E-state index >= 15 is 0 Å². The highest BCUT2D eigenvalue weighted by Crippen LogP contribution is 2.42. The fraction of sp³-hybridized carbons (Fsp3) is 0.682. The zero-order valence-electron chi connectivity index (χ0n) is 17.0. The maximum atomic E-state index is 12.7. The normalized spacial score (nSPS) is 22.9. The summed E-state index contributed by atoms with van der Waals surface area (Å²) in [4.78, 5) is 15.2. The van der Waals surface area contributed by atoms with E-state index in [4.69, 9.17) is 9.47 Å². The quantitative estimate of drug-likeness (QED) is 0.707. The third kappa shape index (κ3) is 5.23. The number of carbonyl (C=O) groups excluding carboxylic acids is 1. The van der Waals surface area contributed by atoms with Crippen LogP contribution in [-0.2, 0) is 9.53 Å². The van der Waals surface area contributed by atoms with Gasteiger partial charge < -0.3 is 14.8 Å². The van der Waals surface area contributed by atoms with E-state index in [0.29, 0.717) is 25.2 Å². The lowest BCUT2D eigenvalue weighted by molar-refractivity contribution is -0.141. The average molecular weight is 375 g/mol. The Hall–Kier alpha value is -1.59. The van der Waals surface area contributed by atoms with Crippen LogP contribution in [-0.4, -0.2) is 48.8 Å². The van der Waals surface area contributed by atoms with Gasteiger partial charge in [-0.1, -0.05) is 6.42 Å². The van der Waals surface area contributed by atoms with Gasteiger partial charge in [0.1, 0.15) is 18.0 Å². The second-order valence-electron chi connectivity index (χ2n) is 8.02. The number of anilines is 1. The van der Waals surface area contributed by atoms with Crippen molar-refractivity contribution in [1.82, 2.24) is 4.90 Å². The highest BCUT2D eigenvalue weighted by molar-refractivity contribution is 5.97. The largest absolute Gasteiger partial charge is 0.492 e. The lowest BCUT2D eigenvalue weighted by atomic mass is 9.99. The van der Waals surface area contributed by atoms with Crippen LogP contribution in [0.5, 0.6) is 5.75 Å². The number of nitrogens with one attached hydrogen (secondary N) is 1. The molecular formula is C22H34N2O3. The Bertz CT molecular complexity index is 614. The van der Waals surface area contributed by atoms with Crippen LogP contribution in [0, 0.1) is 5.92 Å². The van der Waals surface area contributed by atoms with Gasteiger partial charge in [-0.05, 0) is 83.2 Å². The smallest absolute Gasteiger partial charge is 0.256 e. The van der Waals surface area contributed by atoms with Gasteiger partial charge in [-0.15, -0.1) is 0 Å². The summed E-state index contributed by atoms with van der Waals surface area (Å²) >= 11 is 0. The molecule has 3 rings (SSSR count). The summed E-state index contributed by atoms with van der Waals surface area (Å²) in [6, 6.07) is 8.30. The van der Waals surface area contributed by atoms with Crippen molar-refractivity contribution < 1.29 is 14.3 Å².